The highest BCUT2D eigenvalue weighted by atomic mass is 16.2. The number of primary amides is 1. The quantitative estimate of drug-likeness (QED) is 0.652. The second kappa shape index (κ2) is 8.43. The van der Waals surface area contributed by atoms with E-state index in [2.05, 4.69) is 15.3 Å². The number of hydrogen-bond acceptors (Lipinski definition) is 6. The number of amides is 3. The van der Waals surface area contributed by atoms with Gasteiger partial charge in [-0.3, -0.25) is 14.4 Å². The van der Waals surface area contributed by atoms with Crippen LogP contribution in [-0.4, -0.2) is 57.8 Å². The summed E-state index contributed by atoms with van der Waals surface area (Å²) in [5, 5.41) is 2.89. The molecule has 5 N–H and O–H groups in total. The van der Waals surface area contributed by atoms with Crippen molar-refractivity contribution in [2.24, 2.45) is 17.4 Å². The molecule has 9 heteroatoms. The molecule has 3 amide bonds. The molecule has 1 aliphatic carbocycles. The lowest BCUT2D eigenvalue weighted by atomic mass is 9.81. The van der Waals surface area contributed by atoms with Gasteiger partial charge in [-0.05, 0) is 44.4 Å². The lowest BCUT2D eigenvalue weighted by Gasteiger charge is -2.33. The maximum Gasteiger partial charge on any atom is 0.272 e. The van der Waals surface area contributed by atoms with Gasteiger partial charge in [0.15, 0.2) is 11.4 Å². The predicted molar refractivity (Wildman–Crippen MR) is 97.6 cm³/mol. The van der Waals surface area contributed by atoms with Crippen LogP contribution in [0.2, 0.25) is 0 Å². The number of nitrogens with two attached hydrogens (primary N) is 2. The summed E-state index contributed by atoms with van der Waals surface area (Å²) in [6.45, 7) is 1.61. The van der Waals surface area contributed by atoms with Gasteiger partial charge in [0.05, 0.1) is 6.04 Å². The SMILES string of the molecule is NC(=O)c1nccnc1C(=O)N[C@H]1CC[C@H]([C@H](N)C(=O)N2CCCC2)CC1. The van der Waals surface area contributed by atoms with E-state index in [1.165, 1.54) is 12.4 Å². The van der Waals surface area contributed by atoms with Crippen LogP contribution in [0.4, 0.5) is 0 Å². The molecule has 2 aliphatic rings. The van der Waals surface area contributed by atoms with E-state index in [4.69, 9.17) is 11.5 Å². The third-order valence-electron chi connectivity index (χ3n) is 5.46. The Hall–Kier alpha value is -2.55. The first-order valence-corrected chi connectivity index (χ1v) is 9.43. The van der Waals surface area contributed by atoms with Crippen LogP contribution in [0.5, 0.6) is 0 Å². The Bertz CT molecular complexity index is 711. The highest BCUT2D eigenvalue weighted by Crippen LogP contribution is 2.28. The van der Waals surface area contributed by atoms with E-state index in [0.717, 1.165) is 51.6 Å². The van der Waals surface area contributed by atoms with Crippen molar-refractivity contribution in [3.8, 4) is 0 Å². The molecule has 1 aromatic heterocycles. The number of rotatable bonds is 5. The van der Waals surface area contributed by atoms with Gasteiger partial charge < -0.3 is 21.7 Å². The predicted octanol–water partition coefficient (Wildman–Crippen LogP) is -0.186. The molecule has 9 nitrogen and oxygen atoms in total. The van der Waals surface area contributed by atoms with Crippen LogP contribution in [-0.2, 0) is 4.79 Å². The standard InChI is InChI=1S/C18H26N6O3/c19-13(18(27)24-9-1-2-10-24)11-3-5-12(6-4-11)23-17(26)15-14(16(20)25)21-7-8-22-15/h7-8,11-13H,1-6,9-10,19H2,(H2,20,25)(H,23,26)/t11-,12-,13-/m0/s1. The van der Waals surface area contributed by atoms with Crippen molar-refractivity contribution >= 4 is 17.7 Å². The van der Waals surface area contributed by atoms with Crippen molar-refractivity contribution < 1.29 is 14.4 Å². The first kappa shape index (κ1) is 19.2. The molecule has 0 aromatic carbocycles. The minimum Gasteiger partial charge on any atom is -0.364 e. The number of hydrogen-bond donors (Lipinski definition) is 3. The zero-order valence-electron chi connectivity index (χ0n) is 15.3. The van der Waals surface area contributed by atoms with Gasteiger partial charge in [0.1, 0.15) is 0 Å². The summed E-state index contributed by atoms with van der Waals surface area (Å²) in [7, 11) is 0. The number of nitrogens with zero attached hydrogens (tertiary/aromatic N) is 3. The average Bonchev–Trinajstić information content (AvgIpc) is 3.22. The van der Waals surface area contributed by atoms with Crippen LogP contribution in [0.15, 0.2) is 12.4 Å². The minimum absolute atomic E-state index is 0.0469. The summed E-state index contributed by atoms with van der Waals surface area (Å²) in [4.78, 5) is 45.9. The first-order valence-electron chi connectivity index (χ1n) is 9.43. The van der Waals surface area contributed by atoms with E-state index in [1.807, 2.05) is 4.90 Å². The molecule has 0 spiro atoms. The molecule has 0 bridgehead atoms. The number of carbonyl (C=O) groups is 3. The molecule has 27 heavy (non-hydrogen) atoms. The maximum absolute atomic E-state index is 12.5. The Labute approximate surface area is 157 Å². The van der Waals surface area contributed by atoms with Crippen LogP contribution in [0.3, 0.4) is 0 Å². The zero-order chi connectivity index (χ0) is 19.4. The molecule has 146 valence electrons. The topological polar surface area (TPSA) is 144 Å². The van der Waals surface area contributed by atoms with E-state index in [0.29, 0.717) is 0 Å². The van der Waals surface area contributed by atoms with Crippen molar-refractivity contribution in [3.05, 3.63) is 23.8 Å². The number of aromatic nitrogens is 2. The normalized spacial score (nSPS) is 23.7. The first-order chi connectivity index (χ1) is 13.0. The van der Waals surface area contributed by atoms with Crippen molar-refractivity contribution in [1.29, 1.82) is 0 Å². The van der Waals surface area contributed by atoms with Gasteiger partial charge >= 0.3 is 0 Å². The van der Waals surface area contributed by atoms with Gasteiger partial charge in [0.25, 0.3) is 11.8 Å². The lowest BCUT2D eigenvalue weighted by Crippen LogP contribution is -2.49. The van der Waals surface area contributed by atoms with Crippen molar-refractivity contribution in [1.82, 2.24) is 20.2 Å². The molecule has 1 aromatic rings. The van der Waals surface area contributed by atoms with Crippen LogP contribution in [0.1, 0.15) is 59.5 Å². The molecule has 1 saturated carbocycles. The molecule has 2 fully saturated rings. The molecule has 1 aliphatic heterocycles. The summed E-state index contributed by atoms with van der Waals surface area (Å²) in [6.07, 6.45) is 7.76. The fourth-order valence-corrected chi connectivity index (χ4v) is 3.91. The number of likely N-dealkylation sites (tertiary alicyclic amines) is 1. The van der Waals surface area contributed by atoms with Gasteiger partial charge in [-0.1, -0.05) is 0 Å². The van der Waals surface area contributed by atoms with Gasteiger partial charge in [-0.2, -0.15) is 0 Å². The van der Waals surface area contributed by atoms with Gasteiger partial charge in [-0.15, -0.1) is 0 Å². The molecule has 1 atom stereocenters. The van der Waals surface area contributed by atoms with Crippen LogP contribution < -0.4 is 16.8 Å². The monoisotopic (exact) mass is 374 g/mol. The molecular weight excluding hydrogens is 348 g/mol. The molecule has 3 rings (SSSR count). The Morgan fingerprint density at radius 2 is 1.63 bits per heavy atom. The van der Waals surface area contributed by atoms with Crippen LogP contribution in [0, 0.1) is 5.92 Å². The van der Waals surface area contributed by atoms with Crippen molar-refractivity contribution in [2.45, 2.75) is 50.6 Å². The summed E-state index contributed by atoms with van der Waals surface area (Å²) in [5.74, 6) is -1.07. The van der Waals surface area contributed by atoms with E-state index >= 15 is 0 Å². The Kier molecular flexibility index (Phi) is 6.00. The Morgan fingerprint density at radius 1 is 1.04 bits per heavy atom. The second-order valence-electron chi connectivity index (χ2n) is 7.26. The zero-order valence-corrected chi connectivity index (χ0v) is 15.3. The van der Waals surface area contributed by atoms with E-state index in [9.17, 15) is 14.4 Å². The molecule has 0 radical (unpaired) electrons. The van der Waals surface area contributed by atoms with Gasteiger partial charge in [0.2, 0.25) is 5.91 Å². The third kappa shape index (κ3) is 4.41. The molecule has 1 saturated heterocycles. The fraction of sp³-hybridized carbons (Fsp3) is 0.611. The fourth-order valence-electron chi connectivity index (χ4n) is 3.91. The van der Waals surface area contributed by atoms with E-state index in [1.54, 1.807) is 0 Å². The third-order valence-corrected chi connectivity index (χ3v) is 5.46. The van der Waals surface area contributed by atoms with Gasteiger partial charge in [-0.25, -0.2) is 9.97 Å². The molecular formula is C18H26N6O3. The van der Waals surface area contributed by atoms with E-state index < -0.39 is 17.9 Å². The minimum atomic E-state index is -0.789. The summed E-state index contributed by atoms with van der Waals surface area (Å²) < 4.78 is 0. The summed E-state index contributed by atoms with van der Waals surface area (Å²) >= 11 is 0. The van der Waals surface area contributed by atoms with Crippen LogP contribution >= 0.6 is 0 Å². The summed E-state index contributed by atoms with van der Waals surface area (Å²) in [5.41, 5.74) is 11.3. The maximum atomic E-state index is 12.5. The van der Waals surface area contributed by atoms with Crippen molar-refractivity contribution in [3.63, 3.8) is 0 Å². The largest absolute Gasteiger partial charge is 0.364 e. The average molecular weight is 374 g/mol. The second-order valence-corrected chi connectivity index (χ2v) is 7.26. The van der Waals surface area contributed by atoms with E-state index in [-0.39, 0.29) is 29.3 Å². The van der Waals surface area contributed by atoms with Crippen LogP contribution in [0.25, 0.3) is 0 Å². The smallest absolute Gasteiger partial charge is 0.272 e. The Balaban J connectivity index is 1.53. The molecule has 2 heterocycles. The van der Waals surface area contributed by atoms with Gasteiger partial charge in [0, 0.05) is 31.5 Å². The van der Waals surface area contributed by atoms with Crippen molar-refractivity contribution in [2.75, 3.05) is 13.1 Å². The lowest BCUT2D eigenvalue weighted by molar-refractivity contribution is -0.133. The highest BCUT2D eigenvalue weighted by Gasteiger charge is 2.33. The highest BCUT2D eigenvalue weighted by molar-refractivity contribution is 6.04. The number of nitrogens with one attached hydrogen (secondary N) is 1. The summed E-state index contributed by atoms with van der Waals surface area (Å²) in [6, 6.07) is -0.522. The molecule has 0 unspecified atom stereocenters. The Morgan fingerprint density at radius 3 is 2.22 bits per heavy atom. The number of carbonyl (C=O) groups excluding carboxylic acids is 3.